The van der Waals surface area contributed by atoms with Gasteiger partial charge >= 0.3 is 0 Å². The molecule has 2 aliphatic carbocycles. The van der Waals surface area contributed by atoms with Crippen molar-refractivity contribution in [2.24, 2.45) is 0 Å². The third kappa shape index (κ3) is 4.03. The Morgan fingerprint density at radius 3 is 2.80 bits per heavy atom. The van der Waals surface area contributed by atoms with E-state index in [-0.39, 0.29) is 17.5 Å². The number of fused-ring (bicyclic) bond motifs is 2. The Morgan fingerprint density at radius 1 is 1.13 bits per heavy atom. The fraction of sp³-hybridized carbons (Fsp3) is 0.478. The van der Waals surface area contributed by atoms with E-state index < -0.39 is 0 Å². The second-order valence-corrected chi connectivity index (χ2v) is 9.40. The van der Waals surface area contributed by atoms with Gasteiger partial charge < -0.3 is 5.32 Å². The Morgan fingerprint density at radius 2 is 1.97 bits per heavy atom. The fourth-order valence-corrected chi connectivity index (χ4v) is 5.37. The van der Waals surface area contributed by atoms with Crippen molar-refractivity contribution in [1.82, 2.24) is 19.9 Å². The number of hydrogen-bond donors (Lipinski definition) is 1. The minimum absolute atomic E-state index is 0.000994. The number of carbonyl (C=O) groups is 1. The van der Waals surface area contributed by atoms with E-state index in [1.54, 1.807) is 11.3 Å². The molecule has 1 aromatic carbocycles. The molecule has 1 N–H and O–H groups in total. The molecular formula is C23H26N4O2S. The summed E-state index contributed by atoms with van der Waals surface area (Å²) in [5.41, 5.74) is 2.00. The molecule has 0 radical (unpaired) electrons. The first-order valence-electron chi connectivity index (χ1n) is 10.9. The Bertz CT molecular complexity index is 1120. The first-order valence-corrected chi connectivity index (χ1v) is 11.7. The van der Waals surface area contributed by atoms with Crippen LogP contribution in [0.1, 0.15) is 59.5 Å². The van der Waals surface area contributed by atoms with Gasteiger partial charge in [0, 0.05) is 36.7 Å². The highest BCUT2D eigenvalue weighted by Crippen LogP contribution is 2.35. The zero-order chi connectivity index (χ0) is 20.5. The zero-order valence-corrected chi connectivity index (χ0v) is 17.8. The van der Waals surface area contributed by atoms with Crippen molar-refractivity contribution < 1.29 is 4.79 Å². The van der Waals surface area contributed by atoms with Crippen molar-refractivity contribution >= 4 is 28.1 Å². The maximum atomic E-state index is 12.9. The molecule has 0 unspecified atom stereocenters. The fourth-order valence-electron chi connectivity index (χ4n) is 4.21. The average Bonchev–Trinajstić information content (AvgIpc) is 3.50. The molecule has 0 bridgehead atoms. The Hall–Kier alpha value is -2.54. The molecular weight excluding hydrogens is 396 g/mol. The summed E-state index contributed by atoms with van der Waals surface area (Å²) >= 11 is 1.80. The van der Waals surface area contributed by atoms with Crippen molar-refractivity contribution in [2.75, 3.05) is 6.54 Å². The molecule has 7 heteroatoms. The molecule has 6 nitrogen and oxygen atoms in total. The summed E-state index contributed by atoms with van der Waals surface area (Å²) in [6.07, 6.45) is 8.38. The Kier molecular flexibility index (Phi) is 5.37. The SMILES string of the molecule is O=C(CCc1nc2ccccc2c(=O)n1C1CC1)NCCc1nc2c(s1)CCCC2. The Labute approximate surface area is 179 Å². The van der Waals surface area contributed by atoms with Gasteiger partial charge in [-0.15, -0.1) is 11.3 Å². The summed E-state index contributed by atoms with van der Waals surface area (Å²) in [7, 11) is 0. The largest absolute Gasteiger partial charge is 0.356 e. The number of hydrogen-bond acceptors (Lipinski definition) is 5. The second-order valence-electron chi connectivity index (χ2n) is 8.24. The van der Waals surface area contributed by atoms with E-state index >= 15 is 0 Å². The van der Waals surface area contributed by atoms with Crippen LogP contribution in [0, 0.1) is 0 Å². The number of aryl methyl sites for hydroxylation is 3. The molecule has 2 aliphatic rings. The van der Waals surface area contributed by atoms with Gasteiger partial charge in [0.1, 0.15) is 5.82 Å². The predicted molar refractivity (Wildman–Crippen MR) is 118 cm³/mol. The number of amides is 1. The van der Waals surface area contributed by atoms with Crippen LogP contribution in [0.3, 0.4) is 0 Å². The van der Waals surface area contributed by atoms with Crippen LogP contribution in [0.4, 0.5) is 0 Å². The third-order valence-electron chi connectivity index (χ3n) is 5.92. The number of nitrogens with one attached hydrogen (secondary N) is 1. The highest BCUT2D eigenvalue weighted by atomic mass is 32.1. The molecule has 0 saturated heterocycles. The van der Waals surface area contributed by atoms with E-state index in [1.165, 1.54) is 23.4 Å². The molecule has 2 aromatic heterocycles. The molecule has 0 spiro atoms. The van der Waals surface area contributed by atoms with Gasteiger partial charge in [0.15, 0.2) is 0 Å². The molecule has 1 saturated carbocycles. The first kappa shape index (κ1) is 19.4. The number of aromatic nitrogens is 3. The topological polar surface area (TPSA) is 76.9 Å². The number of thiazole rings is 1. The third-order valence-corrected chi connectivity index (χ3v) is 7.14. The van der Waals surface area contributed by atoms with Crippen LogP contribution in [-0.2, 0) is 30.5 Å². The number of carbonyl (C=O) groups excluding carboxylic acids is 1. The van der Waals surface area contributed by atoms with Gasteiger partial charge in [-0.2, -0.15) is 0 Å². The van der Waals surface area contributed by atoms with Gasteiger partial charge in [-0.1, -0.05) is 12.1 Å². The molecule has 0 aliphatic heterocycles. The van der Waals surface area contributed by atoms with E-state index in [1.807, 2.05) is 28.8 Å². The van der Waals surface area contributed by atoms with E-state index in [2.05, 4.69) is 5.32 Å². The van der Waals surface area contributed by atoms with Crippen LogP contribution in [0.25, 0.3) is 10.9 Å². The van der Waals surface area contributed by atoms with Gasteiger partial charge in [-0.25, -0.2) is 9.97 Å². The number of benzene rings is 1. The van der Waals surface area contributed by atoms with E-state index in [0.717, 1.165) is 42.9 Å². The summed E-state index contributed by atoms with van der Waals surface area (Å²) in [5, 5.41) is 4.79. The van der Waals surface area contributed by atoms with E-state index in [9.17, 15) is 9.59 Å². The van der Waals surface area contributed by atoms with E-state index in [4.69, 9.17) is 9.97 Å². The number of nitrogens with zero attached hydrogens (tertiary/aromatic N) is 3. The lowest BCUT2D eigenvalue weighted by Crippen LogP contribution is -2.28. The zero-order valence-electron chi connectivity index (χ0n) is 17.0. The van der Waals surface area contributed by atoms with Gasteiger partial charge in [-0.3, -0.25) is 14.2 Å². The lowest BCUT2D eigenvalue weighted by Gasteiger charge is -2.12. The minimum Gasteiger partial charge on any atom is -0.356 e. The van der Waals surface area contributed by atoms with Gasteiger partial charge in [-0.05, 0) is 50.7 Å². The van der Waals surface area contributed by atoms with Crippen LogP contribution in [0.15, 0.2) is 29.1 Å². The summed E-state index contributed by atoms with van der Waals surface area (Å²) < 4.78 is 1.82. The van der Waals surface area contributed by atoms with Gasteiger partial charge in [0.2, 0.25) is 5.91 Å². The first-order chi connectivity index (χ1) is 14.7. The summed E-state index contributed by atoms with van der Waals surface area (Å²) in [4.78, 5) is 36.2. The average molecular weight is 423 g/mol. The normalized spacial score (nSPS) is 15.9. The smallest absolute Gasteiger partial charge is 0.261 e. The molecule has 1 amide bonds. The van der Waals surface area contributed by atoms with Crippen LogP contribution < -0.4 is 10.9 Å². The minimum atomic E-state index is 0.000994. The Balaban J connectivity index is 1.20. The maximum absolute atomic E-state index is 12.9. The van der Waals surface area contributed by atoms with Crippen LogP contribution in [-0.4, -0.2) is 27.0 Å². The van der Waals surface area contributed by atoms with Crippen molar-refractivity contribution in [3.63, 3.8) is 0 Å². The summed E-state index contributed by atoms with van der Waals surface area (Å²) in [5.74, 6) is 0.727. The number of rotatable bonds is 7. The van der Waals surface area contributed by atoms with Crippen molar-refractivity contribution in [1.29, 1.82) is 0 Å². The highest BCUT2D eigenvalue weighted by Gasteiger charge is 2.28. The van der Waals surface area contributed by atoms with Crippen molar-refractivity contribution in [3.05, 3.63) is 56.0 Å². The lowest BCUT2D eigenvalue weighted by molar-refractivity contribution is -0.121. The highest BCUT2D eigenvalue weighted by molar-refractivity contribution is 7.11. The van der Waals surface area contributed by atoms with Crippen LogP contribution >= 0.6 is 11.3 Å². The molecule has 1 fully saturated rings. The van der Waals surface area contributed by atoms with Gasteiger partial charge in [0.25, 0.3) is 5.56 Å². The number of para-hydroxylation sites is 1. The standard InChI is InChI=1S/C23H26N4O2S/c28-21(24-14-13-22-26-18-7-3-4-8-19(18)30-22)12-11-20-25-17-6-2-1-5-16(17)23(29)27(20)15-9-10-15/h1-2,5-6,15H,3-4,7-14H2,(H,24,28). The van der Waals surface area contributed by atoms with Crippen LogP contribution in [0.5, 0.6) is 0 Å². The quantitative estimate of drug-likeness (QED) is 0.633. The predicted octanol–water partition coefficient (Wildman–Crippen LogP) is 3.36. The van der Waals surface area contributed by atoms with Gasteiger partial charge in [0.05, 0.1) is 21.6 Å². The summed E-state index contributed by atoms with van der Waals surface area (Å²) in [6, 6.07) is 7.70. The van der Waals surface area contributed by atoms with Crippen molar-refractivity contribution in [2.45, 2.75) is 63.8 Å². The molecule has 30 heavy (non-hydrogen) atoms. The van der Waals surface area contributed by atoms with Crippen molar-refractivity contribution in [3.8, 4) is 0 Å². The molecule has 5 rings (SSSR count). The monoisotopic (exact) mass is 422 g/mol. The molecule has 2 heterocycles. The molecule has 156 valence electrons. The molecule has 3 aromatic rings. The summed E-state index contributed by atoms with van der Waals surface area (Å²) in [6.45, 7) is 0.603. The molecule has 0 atom stereocenters. The lowest BCUT2D eigenvalue weighted by atomic mass is 10.0. The van der Waals surface area contributed by atoms with Crippen LogP contribution in [0.2, 0.25) is 0 Å². The maximum Gasteiger partial charge on any atom is 0.261 e. The van der Waals surface area contributed by atoms with E-state index in [0.29, 0.717) is 30.3 Å². The second kappa shape index (κ2) is 8.30.